The quantitative estimate of drug-likeness (QED) is 0.299. The summed E-state index contributed by atoms with van der Waals surface area (Å²) in [6.07, 6.45) is 0.516. The molecule has 11 heteroatoms. The summed E-state index contributed by atoms with van der Waals surface area (Å²) in [6.45, 7) is 5.60. The zero-order valence-electron chi connectivity index (χ0n) is 16.9. The van der Waals surface area contributed by atoms with Crippen LogP contribution in [0.15, 0.2) is 0 Å². The molecule has 1 heterocycles. The first-order chi connectivity index (χ1) is 13.4. The van der Waals surface area contributed by atoms with Gasteiger partial charge in [-0.1, -0.05) is 13.8 Å². The van der Waals surface area contributed by atoms with Crippen LogP contribution in [0, 0.1) is 5.92 Å². The van der Waals surface area contributed by atoms with Crippen LogP contribution >= 0.6 is 0 Å². The Balaban J connectivity index is 2.75. The number of carboxylic acids is 2. The normalized spacial score (nSPS) is 19.3. The van der Waals surface area contributed by atoms with E-state index in [1.54, 1.807) is 0 Å². The van der Waals surface area contributed by atoms with Crippen LogP contribution in [-0.4, -0.2) is 75.5 Å². The summed E-state index contributed by atoms with van der Waals surface area (Å²) in [6, 6.07) is -4.19. The van der Waals surface area contributed by atoms with Gasteiger partial charge in [0.05, 0.1) is 12.5 Å². The van der Waals surface area contributed by atoms with Crippen molar-refractivity contribution in [2.75, 3.05) is 6.54 Å². The second-order valence-electron chi connectivity index (χ2n) is 7.65. The molecule has 1 fully saturated rings. The van der Waals surface area contributed by atoms with Crippen molar-refractivity contribution in [1.82, 2.24) is 15.5 Å². The fraction of sp³-hybridized carbons (Fsp3) is 0.722. The number of nitrogens with two attached hydrogens (primary N) is 1. The summed E-state index contributed by atoms with van der Waals surface area (Å²) in [5.41, 5.74) is 5.81. The van der Waals surface area contributed by atoms with Gasteiger partial charge in [-0.25, -0.2) is 4.79 Å². The fourth-order valence-corrected chi connectivity index (χ4v) is 3.19. The highest BCUT2D eigenvalue weighted by Gasteiger charge is 2.38. The molecule has 0 spiro atoms. The summed E-state index contributed by atoms with van der Waals surface area (Å²) in [5.74, 6) is -4.33. The minimum Gasteiger partial charge on any atom is -0.481 e. The number of rotatable bonds is 10. The number of hydrogen-bond acceptors (Lipinski definition) is 6. The van der Waals surface area contributed by atoms with Crippen molar-refractivity contribution in [3.63, 3.8) is 0 Å². The number of likely N-dealkylation sites (tertiary alicyclic amines) is 1. The molecule has 0 radical (unpaired) electrons. The number of amides is 3. The molecule has 0 saturated carbocycles. The molecule has 6 N–H and O–H groups in total. The number of carbonyl (C=O) groups excluding carboxylic acids is 3. The Bertz CT molecular complexity index is 652. The van der Waals surface area contributed by atoms with Gasteiger partial charge in [-0.3, -0.25) is 19.2 Å². The average Bonchev–Trinajstić information content (AvgIpc) is 3.08. The lowest BCUT2D eigenvalue weighted by molar-refractivity contribution is -0.148. The lowest BCUT2D eigenvalue weighted by atomic mass is 10.0. The molecule has 3 amide bonds. The number of carbonyl (C=O) groups is 5. The van der Waals surface area contributed by atoms with E-state index in [0.717, 1.165) is 0 Å². The topological polar surface area (TPSA) is 179 Å². The van der Waals surface area contributed by atoms with Gasteiger partial charge >= 0.3 is 11.9 Å². The van der Waals surface area contributed by atoms with Gasteiger partial charge in [-0.15, -0.1) is 0 Å². The highest BCUT2D eigenvalue weighted by atomic mass is 16.4. The van der Waals surface area contributed by atoms with Gasteiger partial charge in [0, 0.05) is 6.54 Å². The van der Waals surface area contributed by atoms with Crippen LogP contribution < -0.4 is 16.4 Å². The molecule has 0 aliphatic carbocycles. The number of nitrogens with zero attached hydrogens (tertiary/aromatic N) is 1. The van der Waals surface area contributed by atoms with E-state index in [2.05, 4.69) is 10.6 Å². The van der Waals surface area contributed by atoms with Crippen LogP contribution in [0.5, 0.6) is 0 Å². The molecule has 29 heavy (non-hydrogen) atoms. The Hall–Kier alpha value is -2.69. The van der Waals surface area contributed by atoms with E-state index in [1.165, 1.54) is 11.8 Å². The Labute approximate surface area is 169 Å². The number of hydrogen-bond donors (Lipinski definition) is 5. The first-order valence-electron chi connectivity index (χ1n) is 9.55. The largest absolute Gasteiger partial charge is 0.481 e. The first-order valence-corrected chi connectivity index (χ1v) is 9.55. The van der Waals surface area contributed by atoms with E-state index in [1.807, 2.05) is 13.8 Å². The molecule has 0 bridgehead atoms. The van der Waals surface area contributed by atoms with Crippen LogP contribution in [-0.2, 0) is 24.0 Å². The maximum Gasteiger partial charge on any atom is 0.326 e. The average molecular weight is 414 g/mol. The summed E-state index contributed by atoms with van der Waals surface area (Å²) in [5, 5.41) is 22.6. The summed E-state index contributed by atoms with van der Waals surface area (Å²) in [7, 11) is 0. The molecule has 11 nitrogen and oxygen atoms in total. The van der Waals surface area contributed by atoms with Crippen LogP contribution in [0.2, 0.25) is 0 Å². The van der Waals surface area contributed by atoms with E-state index in [9.17, 15) is 24.0 Å². The van der Waals surface area contributed by atoms with Gasteiger partial charge < -0.3 is 31.5 Å². The van der Waals surface area contributed by atoms with Crippen LogP contribution in [0.1, 0.15) is 46.5 Å². The molecule has 4 unspecified atom stereocenters. The third kappa shape index (κ3) is 7.33. The zero-order valence-corrected chi connectivity index (χ0v) is 16.9. The van der Waals surface area contributed by atoms with Crippen molar-refractivity contribution in [1.29, 1.82) is 0 Å². The second kappa shape index (κ2) is 10.7. The van der Waals surface area contributed by atoms with E-state index < -0.39 is 60.2 Å². The highest BCUT2D eigenvalue weighted by molar-refractivity contribution is 5.94. The number of aliphatic carboxylic acids is 2. The molecule has 1 saturated heterocycles. The molecule has 0 aromatic heterocycles. The van der Waals surface area contributed by atoms with Gasteiger partial charge in [-0.05, 0) is 32.1 Å². The second-order valence-corrected chi connectivity index (χ2v) is 7.65. The molecule has 1 rings (SSSR count). The van der Waals surface area contributed by atoms with Crippen molar-refractivity contribution in [2.24, 2.45) is 11.7 Å². The van der Waals surface area contributed by atoms with Crippen molar-refractivity contribution >= 4 is 29.7 Å². The van der Waals surface area contributed by atoms with Crippen LogP contribution in [0.3, 0.4) is 0 Å². The number of nitrogens with one attached hydrogen (secondary N) is 2. The van der Waals surface area contributed by atoms with Gasteiger partial charge in [0.15, 0.2) is 0 Å². The third-order valence-corrected chi connectivity index (χ3v) is 4.62. The minimum atomic E-state index is -1.59. The summed E-state index contributed by atoms with van der Waals surface area (Å²) < 4.78 is 0. The Kier molecular flexibility index (Phi) is 9.02. The van der Waals surface area contributed by atoms with Gasteiger partial charge in [0.1, 0.15) is 18.1 Å². The summed E-state index contributed by atoms with van der Waals surface area (Å²) in [4.78, 5) is 60.5. The fourth-order valence-electron chi connectivity index (χ4n) is 3.19. The Morgan fingerprint density at radius 2 is 1.72 bits per heavy atom. The Morgan fingerprint density at radius 1 is 1.10 bits per heavy atom. The van der Waals surface area contributed by atoms with Crippen molar-refractivity contribution in [2.45, 2.75) is 70.6 Å². The lowest BCUT2D eigenvalue weighted by Gasteiger charge is -2.28. The monoisotopic (exact) mass is 414 g/mol. The molecular weight excluding hydrogens is 384 g/mol. The van der Waals surface area contributed by atoms with Crippen LogP contribution in [0.4, 0.5) is 0 Å². The van der Waals surface area contributed by atoms with E-state index >= 15 is 0 Å². The zero-order chi connectivity index (χ0) is 22.3. The van der Waals surface area contributed by atoms with Gasteiger partial charge in [-0.2, -0.15) is 0 Å². The first kappa shape index (κ1) is 24.3. The van der Waals surface area contributed by atoms with E-state index in [0.29, 0.717) is 19.3 Å². The molecular formula is C18H30N4O7. The molecule has 0 aromatic rings. The highest BCUT2D eigenvalue weighted by Crippen LogP contribution is 2.19. The number of carboxylic acid groups (broad SMARTS) is 2. The molecule has 164 valence electrons. The van der Waals surface area contributed by atoms with Crippen molar-refractivity contribution in [3.8, 4) is 0 Å². The van der Waals surface area contributed by atoms with Gasteiger partial charge in [0.2, 0.25) is 17.7 Å². The lowest BCUT2D eigenvalue weighted by Crippen LogP contribution is -2.56. The Morgan fingerprint density at radius 3 is 2.24 bits per heavy atom. The predicted molar refractivity (Wildman–Crippen MR) is 102 cm³/mol. The predicted octanol–water partition coefficient (Wildman–Crippen LogP) is -1.10. The third-order valence-electron chi connectivity index (χ3n) is 4.62. The van der Waals surface area contributed by atoms with E-state index in [-0.39, 0.29) is 12.5 Å². The maximum atomic E-state index is 12.7. The molecule has 0 aromatic carbocycles. The molecule has 1 aliphatic heterocycles. The maximum absolute atomic E-state index is 12.7. The van der Waals surface area contributed by atoms with Crippen LogP contribution in [0.25, 0.3) is 0 Å². The SMILES string of the molecule is CC(C)CC(N)C(=O)NC(C)C(=O)N1CCCC1C(=O)NC(CC(=O)O)C(=O)O. The van der Waals surface area contributed by atoms with E-state index in [4.69, 9.17) is 15.9 Å². The smallest absolute Gasteiger partial charge is 0.326 e. The van der Waals surface area contributed by atoms with Crippen molar-refractivity contribution < 1.29 is 34.2 Å². The summed E-state index contributed by atoms with van der Waals surface area (Å²) >= 11 is 0. The molecule has 1 aliphatic rings. The van der Waals surface area contributed by atoms with Crippen molar-refractivity contribution in [3.05, 3.63) is 0 Å². The minimum absolute atomic E-state index is 0.210. The standard InChI is InChI=1S/C18H30N4O7/c1-9(2)7-11(19)15(25)20-10(3)17(27)22-6-4-5-13(22)16(26)21-12(18(28)29)8-14(23)24/h9-13H,4-8,19H2,1-3H3,(H,20,25)(H,21,26)(H,23,24)(H,28,29). The molecule has 4 atom stereocenters. The van der Waals surface area contributed by atoms with Gasteiger partial charge in [0.25, 0.3) is 0 Å².